The number of nitrogens with zero attached hydrogens (tertiary/aromatic N) is 3. The maximum Gasteiger partial charge on any atom is 0.257 e. The Labute approximate surface area is 199 Å². The van der Waals surface area contributed by atoms with E-state index in [1.165, 1.54) is 0 Å². The van der Waals surface area contributed by atoms with Gasteiger partial charge in [-0.1, -0.05) is 28.8 Å². The maximum atomic E-state index is 13.0. The van der Waals surface area contributed by atoms with E-state index in [2.05, 4.69) is 20.7 Å². The van der Waals surface area contributed by atoms with Gasteiger partial charge in [0, 0.05) is 29.9 Å². The monoisotopic (exact) mass is 467 g/mol. The van der Waals surface area contributed by atoms with Crippen molar-refractivity contribution in [2.75, 3.05) is 19.0 Å². The molecule has 3 aromatic rings. The first-order chi connectivity index (χ1) is 15.7. The van der Waals surface area contributed by atoms with E-state index in [0.717, 1.165) is 28.1 Å². The van der Waals surface area contributed by atoms with Crippen LogP contribution in [0.5, 0.6) is 5.75 Å². The average molecular weight is 468 g/mol. The Morgan fingerprint density at radius 1 is 1.12 bits per heavy atom. The van der Waals surface area contributed by atoms with Gasteiger partial charge in [0.2, 0.25) is 5.96 Å². The Bertz CT molecular complexity index is 1180. The Balaban J connectivity index is 1.87. The lowest BCUT2D eigenvalue weighted by molar-refractivity contribution is 0.0976. The predicted molar refractivity (Wildman–Crippen MR) is 134 cm³/mol. The van der Waals surface area contributed by atoms with E-state index in [1.807, 2.05) is 57.6 Å². The summed E-state index contributed by atoms with van der Waals surface area (Å²) in [6.45, 7) is 8.42. The summed E-state index contributed by atoms with van der Waals surface area (Å²) >= 11 is 6.18. The molecule has 1 heterocycles. The molecule has 0 fully saturated rings. The Morgan fingerprint density at radius 2 is 1.82 bits per heavy atom. The van der Waals surface area contributed by atoms with Crippen molar-refractivity contribution in [3.05, 3.63) is 75.1 Å². The number of hydrogen-bond donors (Lipinski definition) is 2. The molecule has 1 aromatic heterocycles. The van der Waals surface area contributed by atoms with Crippen LogP contribution in [0, 0.1) is 27.7 Å². The molecule has 174 valence electrons. The zero-order valence-electron chi connectivity index (χ0n) is 19.9. The number of nitrogens with one attached hydrogen (secondary N) is 2. The number of aliphatic imine (C=N–C) groups is 1. The van der Waals surface area contributed by atoms with E-state index in [4.69, 9.17) is 16.3 Å². The molecule has 1 amide bonds. The third-order valence-electron chi connectivity index (χ3n) is 5.42. The lowest BCUT2D eigenvalue weighted by Crippen LogP contribution is -2.36. The number of guanidine groups is 1. The zero-order valence-corrected chi connectivity index (χ0v) is 20.7. The molecule has 0 unspecified atom stereocenters. The van der Waals surface area contributed by atoms with E-state index in [9.17, 15) is 4.79 Å². The van der Waals surface area contributed by atoms with Crippen LogP contribution in [-0.2, 0) is 13.5 Å². The third-order valence-corrected chi connectivity index (χ3v) is 5.66. The summed E-state index contributed by atoms with van der Waals surface area (Å²) in [6.07, 6.45) is 0.697. The van der Waals surface area contributed by atoms with Gasteiger partial charge in [-0.3, -0.25) is 19.8 Å². The number of ether oxygens (including phenoxy) is 1. The van der Waals surface area contributed by atoms with Crippen LogP contribution in [0.25, 0.3) is 0 Å². The number of halogens is 1. The largest absolute Gasteiger partial charge is 0.495 e. The van der Waals surface area contributed by atoms with Gasteiger partial charge in [0.05, 0.1) is 18.5 Å². The van der Waals surface area contributed by atoms with Gasteiger partial charge in [0.15, 0.2) is 0 Å². The molecule has 0 bridgehead atoms. The van der Waals surface area contributed by atoms with Gasteiger partial charge in [-0.05, 0) is 70.0 Å². The van der Waals surface area contributed by atoms with Crippen LogP contribution in [0.15, 0.2) is 41.4 Å². The Hall–Kier alpha value is -3.32. The van der Waals surface area contributed by atoms with Crippen molar-refractivity contribution in [3.8, 4) is 5.75 Å². The van der Waals surface area contributed by atoms with E-state index in [0.29, 0.717) is 40.9 Å². The smallest absolute Gasteiger partial charge is 0.257 e. The molecule has 0 aliphatic heterocycles. The minimum atomic E-state index is -0.247. The van der Waals surface area contributed by atoms with Crippen LogP contribution < -0.4 is 15.4 Å². The second-order valence-electron chi connectivity index (χ2n) is 8.05. The second kappa shape index (κ2) is 10.5. The highest BCUT2D eigenvalue weighted by Gasteiger charge is 2.14. The van der Waals surface area contributed by atoms with E-state index in [1.54, 1.807) is 25.3 Å². The number of rotatable bonds is 6. The van der Waals surface area contributed by atoms with Crippen LogP contribution >= 0.6 is 11.6 Å². The zero-order chi connectivity index (χ0) is 24.1. The van der Waals surface area contributed by atoms with Crippen molar-refractivity contribution in [1.82, 2.24) is 15.1 Å². The van der Waals surface area contributed by atoms with E-state index in [-0.39, 0.29) is 5.91 Å². The second-order valence-corrected chi connectivity index (χ2v) is 8.49. The minimum absolute atomic E-state index is 0.247. The van der Waals surface area contributed by atoms with Crippen molar-refractivity contribution >= 4 is 29.2 Å². The summed E-state index contributed by atoms with van der Waals surface area (Å²) < 4.78 is 7.30. The summed E-state index contributed by atoms with van der Waals surface area (Å²) in [5, 5.41) is 11.1. The molecule has 0 saturated carbocycles. The number of hydrogen-bond acceptors (Lipinski definition) is 4. The number of aryl methyl sites for hydroxylation is 4. The molecule has 2 N–H and O–H groups in total. The number of aromatic nitrogens is 2. The summed E-state index contributed by atoms with van der Waals surface area (Å²) in [5.41, 5.74) is 6.46. The van der Waals surface area contributed by atoms with Crippen molar-refractivity contribution in [3.63, 3.8) is 0 Å². The Morgan fingerprint density at radius 3 is 2.42 bits per heavy atom. The SMILES string of the molecule is COc1ccc(Cl)cc1NC(=NCCc1c(C)nn(C)c1C)NC(=O)c1cc(C)cc(C)c1. The van der Waals surface area contributed by atoms with Crippen molar-refractivity contribution < 1.29 is 9.53 Å². The molecular weight excluding hydrogens is 438 g/mol. The maximum absolute atomic E-state index is 13.0. The number of benzene rings is 2. The summed E-state index contributed by atoms with van der Waals surface area (Å²) in [7, 11) is 3.50. The fourth-order valence-corrected chi connectivity index (χ4v) is 3.93. The van der Waals surface area contributed by atoms with Gasteiger partial charge >= 0.3 is 0 Å². The lowest BCUT2D eigenvalue weighted by Gasteiger charge is -2.15. The lowest BCUT2D eigenvalue weighted by atomic mass is 10.1. The molecule has 8 heteroatoms. The summed E-state index contributed by atoms with van der Waals surface area (Å²) in [4.78, 5) is 17.7. The molecule has 0 aliphatic rings. The average Bonchev–Trinajstić information content (AvgIpc) is 2.99. The summed E-state index contributed by atoms with van der Waals surface area (Å²) in [6, 6.07) is 11.0. The highest BCUT2D eigenvalue weighted by atomic mass is 35.5. The molecule has 0 spiro atoms. The van der Waals surface area contributed by atoms with Crippen LogP contribution in [-0.4, -0.2) is 35.3 Å². The summed E-state index contributed by atoms with van der Waals surface area (Å²) in [5.74, 6) is 0.661. The fourth-order valence-electron chi connectivity index (χ4n) is 3.76. The number of carbonyl (C=O) groups is 1. The molecule has 7 nitrogen and oxygen atoms in total. The molecule has 3 rings (SSSR count). The number of methoxy groups -OCH3 is 1. The topological polar surface area (TPSA) is 80.5 Å². The van der Waals surface area contributed by atoms with Crippen molar-refractivity contribution in [2.24, 2.45) is 12.0 Å². The first-order valence-electron chi connectivity index (χ1n) is 10.7. The molecular formula is C25H30ClN5O2. The van der Waals surface area contributed by atoms with Crippen LogP contribution in [0.2, 0.25) is 5.02 Å². The van der Waals surface area contributed by atoms with Crippen LogP contribution in [0.4, 0.5) is 5.69 Å². The van der Waals surface area contributed by atoms with Gasteiger partial charge in [0.25, 0.3) is 5.91 Å². The Kier molecular flexibility index (Phi) is 7.76. The fraction of sp³-hybridized carbons (Fsp3) is 0.320. The van der Waals surface area contributed by atoms with Gasteiger partial charge in [-0.25, -0.2) is 0 Å². The van der Waals surface area contributed by atoms with Gasteiger partial charge in [-0.15, -0.1) is 0 Å². The van der Waals surface area contributed by atoms with Gasteiger partial charge < -0.3 is 10.1 Å². The molecule has 0 aliphatic carbocycles. The molecule has 2 aromatic carbocycles. The third kappa shape index (κ3) is 6.14. The first kappa shape index (κ1) is 24.3. The molecule has 0 atom stereocenters. The van der Waals surface area contributed by atoms with E-state index < -0.39 is 0 Å². The number of carbonyl (C=O) groups excluding carboxylic acids is 1. The normalized spacial score (nSPS) is 11.4. The van der Waals surface area contributed by atoms with Gasteiger partial charge in [0.1, 0.15) is 5.75 Å². The molecule has 0 radical (unpaired) electrons. The van der Waals surface area contributed by atoms with Crippen LogP contribution in [0.1, 0.15) is 38.4 Å². The minimum Gasteiger partial charge on any atom is -0.495 e. The van der Waals surface area contributed by atoms with E-state index >= 15 is 0 Å². The van der Waals surface area contributed by atoms with Crippen molar-refractivity contribution in [1.29, 1.82) is 0 Å². The van der Waals surface area contributed by atoms with Gasteiger partial charge in [-0.2, -0.15) is 5.10 Å². The highest BCUT2D eigenvalue weighted by Crippen LogP contribution is 2.27. The highest BCUT2D eigenvalue weighted by molar-refractivity contribution is 6.31. The predicted octanol–water partition coefficient (Wildman–Crippen LogP) is 4.76. The first-order valence-corrected chi connectivity index (χ1v) is 11.1. The van der Waals surface area contributed by atoms with Crippen LogP contribution in [0.3, 0.4) is 0 Å². The number of amides is 1. The number of anilines is 1. The quantitative estimate of drug-likeness (QED) is 0.404. The molecule has 0 saturated heterocycles. The molecule has 33 heavy (non-hydrogen) atoms. The standard InChI is InChI=1S/C25H30ClN5O2/c1-15-11-16(2)13-19(12-15)24(32)29-25(28-22-14-20(26)7-8-23(22)33-6)27-10-9-21-17(3)30-31(5)18(21)4/h7-8,11-14H,9-10H2,1-6H3,(H2,27,28,29,32). The van der Waals surface area contributed by atoms with Crippen molar-refractivity contribution in [2.45, 2.75) is 34.1 Å².